The standard InChI is InChI=1S/C20H21F3N4O3/c1-5-29-14-8-6-13(7-9-14)24-19(28)12(3)30-16-10-15(20(21,22)23)17-11(2)26-27(4)18(17)25-16/h6-10,12H,5H2,1-4H3,(H,24,28). The zero-order valence-corrected chi connectivity index (χ0v) is 16.9. The summed E-state index contributed by atoms with van der Waals surface area (Å²) in [6.07, 6.45) is -5.71. The Kier molecular flexibility index (Phi) is 5.86. The maximum absolute atomic E-state index is 13.5. The van der Waals surface area contributed by atoms with Crippen LogP contribution < -0.4 is 14.8 Å². The summed E-state index contributed by atoms with van der Waals surface area (Å²) in [6.45, 7) is 5.28. The van der Waals surface area contributed by atoms with Gasteiger partial charge in [0.05, 0.1) is 23.3 Å². The number of pyridine rings is 1. The van der Waals surface area contributed by atoms with Crippen molar-refractivity contribution in [2.24, 2.45) is 7.05 Å². The molecule has 160 valence electrons. The highest BCUT2D eigenvalue weighted by atomic mass is 19.4. The van der Waals surface area contributed by atoms with Gasteiger partial charge in [0.15, 0.2) is 11.8 Å². The third-order valence-corrected chi connectivity index (χ3v) is 4.35. The summed E-state index contributed by atoms with van der Waals surface area (Å²) in [5.74, 6) is -0.188. The summed E-state index contributed by atoms with van der Waals surface area (Å²) in [5, 5.41) is 6.55. The average molecular weight is 422 g/mol. The van der Waals surface area contributed by atoms with E-state index in [1.54, 1.807) is 24.3 Å². The van der Waals surface area contributed by atoms with Crippen molar-refractivity contribution in [2.75, 3.05) is 11.9 Å². The number of nitrogens with zero attached hydrogens (tertiary/aromatic N) is 3. The lowest BCUT2D eigenvalue weighted by molar-refractivity contribution is -0.136. The number of nitrogens with one attached hydrogen (secondary N) is 1. The first-order chi connectivity index (χ1) is 14.1. The van der Waals surface area contributed by atoms with E-state index in [0.29, 0.717) is 18.0 Å². The Morgan fingerprint density at radius 2 is 1.93 bits per heavy atom. The largest absolute Gasteiger partial charge is 0.494 e. The van der Waals surface area contributed by atoms with E-state index in [1.165, 1.54) is 25.6 Å². The Balaban J connectivity index is 1.81. The van der Waals surface area contributed by atoms with E-state index in [-0.39, 0.29) is 22.6 Å². The molecule has 10 heteroatoms. The number of aryl methyl sites for hydroxylation is 2. The number of fused-ring (bicyclic) bond motifs is 1. The molecule has 1 aromatic carbocycles. The second-order valence-electron chi connectivity index (χ2n) is 6.62. The zero-order valence-electron chi connectivity index (χ0n) is 16.9. The predicted octanol–water partition coefficient (Wildman–Crippen LogP) is 4.10. The molecule has 3 rings (SSSR count). The van der Waals surface area contributed by atoms with Gasteiger partial charge < -0.3 is 14.8 Å². The van der Waals surface area contributed by atoms with E-state index in [0.717, 1.165) is 6.07 Å². The van der Waals surface area contributed by atoms with Crippen molar-refractivity contribution in [1.82, 2.24) is 14.8 Å². The van der Waals surface area contributed by atoms with Crippen LogP contribution in [-0.4, -0.2) is 33.4 Å². The van der Waals surface area contributed by atoms with Crippen LogP contribution in [0.2, 0.25) is 0 Å². The highest BCUT2D eigenvalue weighted by Gasteiger charge is 2.36. The lowest BCUT2D eigenvalue weighted by atomic mass is 10.1. The molecule has 0 aliphatic rings. The van der Waals surface area contributed by atoms with E-state index in [9.17, 15) is 18.0 Å². The van der Waals surface area contributed by atoms with Crippen molar-refractivity contribution in [2.45, 2.75) is 33.1 Å². The van der Waals surface area contributed by atoms with Gasteiger partial charge in [0, 0.05) is 18.8 Å². The van der Waals surface area contributed by atoms with Crippen LogP contribution in [0.5, 0.6) is 11.6 Å². The van der Waals surface area contributed by atoms with E-state index in [4.69, 9.17) is 9.47 Å². The molecule has 2 aromatic heterocycles. The van der Waals surface area contributed by atoms with E-state index < -0.39 is 23.8 Å². The van der Waals surface area contributed by atoms with Crippen molar-refractivity contribution < 1.29 is 27.4 Å². The molecule has 1 amide bonds. The van der Waals surface area contributed by atoms with Crippen molar-refractivity contribution in [3.05, 3.63) is 41.6 Å². The first-order valence-electron chi connectivity index (χ1n) is 9.22. The van der Waals surface area contributed by atoms with Crippen LogP contribution in [0, 0.1) is 6.92 Å². The lowest BCUT2D eigenvalue weighted by Crippen LogP contribution is -2.30. The molecule has 0 spiro atoms. The quantitative estimate of drug-likeness (QED) is 0.647. The minimum Gasteiger partial charge on any atom is -0.494 e. The van der Waals surface area contributed by atoms with E-state index >= 15 is 0 Å². The summed E-state index contributed by atoms with van der Waals surface area (Å²) in [5.41, 5.74) is -0.176. The minimum atomic E-state index is -4.62. The lowest BCUT2D eigenvalue weighted by Gasteiger charge is -2.16. The number of alkyl halides is 3. The van der Waals surface area contributed by atoms with Crippen LogP contribution in [0.1, 0.15) is 25.1 Å². The van der Waals surface area contributed by atoms with Crippen LogP contribution in [0.15, 0.2) is 30.3 Å². The van der Waals surface area contributed by atoms with E-state index in [2.05, 4.69) is 15.4 Å². The molecule has 0 aliphatic carbocycles. The Labute approximate surface area is 170 Å². The van der Waals surface area contributed by atoms with Gasteiger partial charge in [-0.3, -0.25) is 9.48 Å². The topological polar surface area (TPSA) is 78.3 Å². The highest BCUT2D eigenvalue weighted by molar-refractivity contribution is 5.94. The molecular formula is C20H21F3N4O3. The van der Waals surface area contributed by atoms with E-state index in [1.807, 2.05) is 6.92 Å². The second kappa shape index (κ2) is 8.21. The van der Waals surface area contributed by atoms with Crippen LogP contribution in [-0.2, 0) is 18.0 Å². The smallest absolute Gasteiger partial charge is 0.417 e. The molecule has 0 saturated heterocycles. The zero-order chi connectivity index (χ0) is 22.1. The van der Waals surface area contributed by atoms with Gasteiger partial charge >= 0.3 is 6.18 Å². The molecule has 0 fully saturated rings. The third kappa shape index (κ3) is 4.47. The first kappa shape index (κ1) is 21.4. The Morgan fingerprint density at radius 1 is 1.27 bits per heavy atom. The summed E-state index contributed by atoms with van der Waals surface area (Å²) < 4.78 is 52.7. The normalized spacial score (nSPS) is 12.6. The van der Waals surface area contributed by atoms with Crippen LogP contribution in [0.4, 0.5) is 18.9 Å². The number of halogens is 3. The summed E-state index contributed by atoms with van der Waals surface area (Å²) in [7, 11) is 1.49. The summed E-state index contributed by atoms with van der Waals surface area (Å²) in [6, 6.07) is 7.48. The fourth-order valence-corrected chi connectivity index (χ4v) is 2.99. The summed E-state index contributed by atoms with van der Waals surface area (Å²) >= 11 is 0. The van der Waals surface area contributed by atoms with Crippen molar-refractivity contribution in [3.8, 4) is 11.6 Å². The van der Waals surface area contributed by atoms with Crippen molar-refractivity contribution >= 4 is 22.6 Å². The summed E-state index contributed by atoms with van der Waals surface area (Å²) in [4.78, 5) is 16.5. The van der Waals surface area contributed by atoms with Gasteiger partial charge in [-0.15, -0.1) is 0 Å². The molecule has 0 radical (unpaired) electrons. The number of ether oxygens (including phenoxy) is 2. The Hall–Kier alpha value is -3.30. The SMILES string of the molecule is CCOc1ccc(NC(=O)C(C)Oc2cc(C(F)(F)F)c3c(C)nn(C)c3n2)cc1. The van der Waals surface area contributed by atoms with Gasteiger partial charge in [-0.1, -0.05) is 0 Å². The monoisotopic (exact) mass is 422 g/mol. The fourth-order valence-electron chi connectivity index (χ4n) is 2.99. The molecule has 3 aromatic rings. The molecular weight excluding hydrogens is 401 g/mol. The van der Waals surface area contributed by atoms with Gasteiger partial charge in [-0.2, -0.15) is 23.3 Å². The van der Waals surface area contributed by atoms with Gasteiger partial charge in [0.1, 0.15) is 5.75 Å². The first-order valence-corrected chi connectivity index (χ1v) is 9.22. The van der Waals surface area contributed by atoms with Crippen molar-refractivity contribution in [3.63, 3.8) is 0 Å². The Morgan fingerprint density at radius 3 is 2.53 bits per heavy atom. The molecule has 30 heavy (non-hydrogen) atoms. The number of rotatable bonds is 6. The molecule has 7 nitrogen and oxygen atoms in total. The average Bonchev–Trinajstić information content (AvgIpc) is 2.96. The van der Waals surface area contributed by atoms with Gasteiger partial charge in [-0.05, 0) is 45.0 Å². The third-order valence-electron chi connectivity index (χ3n) is 4.35. The predicted molar refractivity (Wildman–Crippen MR) is 105 cm³/mol. The molecule has 2 heterocycles. The number of benzene rings is 1. The number of carbonyl (C=O) groups is 1. The molecule has 0 saturated carbocycles. The fraction of sp³-hybridized carbons (Fsp3) is 0.350. The number of hydrogen-bond acceptors (Lipinski definition) is 5. The molecule has 1 atom stereocenters. The van der Waals surface area contributed by atoms with Gasteiger partial charge in [0.2, 0.25) is 5.88 Å². The molecule has 0 bridgehead atoms. The maximum Gasteiger partial charge on any atom is 0.417 e. The number of carbonyl (C=O) groups excluding carboxylic acids is 1. The second-order valence-corrected chi connectivity index (χ2v) is 6.62. The molecule has 0 aliphatic heterocycles. The number of hydrogen-bond donors (Lipinski definition) is 1. The minimum absolute atomic E-state index is 0.0245. The number of amides is 1. The highest BCUT2D eigenvalue weighted by Crippen LogP contribution is 2.37. The maximum atomic E-state index is 13.5. The number of anilines is 1. The Bertz CT molecular complexity index is 1060. The number of aromatic nitrogens is 3. The molecule has 1 unspecified atom stereocenters. The van der Waals surface area contributed by atoms with Crippen LogP contribution in [0.25, 0.3) is 11.0 Å². The van der Waals surface area contributed by atoms with Crippen molar-refractivity contribution in [1.29, 1.82) is 0 Å². The van der Waals surface area contributed by atoms with Gasteiger partial charge in [-0.25, -0.2) is 0 Å². The van der Waals surface area contributed by atoms with Crippen LogP contribution in [0.3, 0.4) is 0 Å². The van der Waals surface area contributed by atoms with Crippen LogP contribution >= 0.6 is 0 Å². The van der Waals surface area contributed by atoms with Gasteiger partial charge in [0.25, 0.3) is 5.91 Å². The molecule has 1 N–H and O–H groups in total.